The molecule has 0 N–H and O–H groups in total. The number of hydrogen-bond acceptors (Lipinski definition) is 6. The second-order valence-electron chi connectivity index (χ2n) is 9.72. The number of sulfonamides is 1. The van der Waals surface area contributed by atoms with E-state index in [4.69, 9.17) is 4.74 Å². The molecule has 0 bridgehead atoms. The van der Waals surface area contributed by atoms with Crippen LogP contribution in [0.3, 0.4) is 0 Å². The minimum absolute atomic E-state index is 0.0829. The molecule has 188 valence electrons. The fourth-order valence-electron chi connectivity index (χ4n) is 5.65. The summed E-state index contributed by atoms with van der Waals surface area (Å²) in [5.74, 6) is -0.288. The third-order valence-corrected chi connectivity index (χ3v) is 9.22. The van der Waals surface area contributed by atoms with Crippen molar-refractivity contribution in [3.8, 4) is 5.69 Å². The number of rotatable bonds is 5. The predicted octanol–water partition coefficient (Wildman–Crippen LogP) is 2.76. The summed E-state index contributed by atoms with van der Waals surface area (Å²) in [6.45, 7) is 4.54. The van der Waals surface area contributed by atoms with Gasteiger partial charge in [0.15, 0.2) is 5.03 Å². The molecule has 3 aromatic rings. The molecule has 36 heavy (non-hydrogen) atoms. The third kappa shape index (κ3) is 4.17. The Balaban J connectivity index is 1.38. The van der Waals surface area contributed by atoms with E-state index in [9.17, 15) is 12.8 Å². The summed E-state index contributed by atoms with van der Waals surface area (Å²) in [6, 6.07) is 11.3. The number of aromatic nitrogens is 3. The van der Waals surface area contributed by atoms with Crippen molar-refractivity contribution in [3.05, 3.63) is 77.5 Å². The highest BCUT2D eigenvalue weighted by Gasteiger charge is 2.47. The molecular formula is C26H28FN5O3S. The lowest BCUT2D eigenvalue weighted by Crippen LogP contribution is -2.55. The molecule has 3 aliphatic rings. The maximum absolute atomic E-state index is 13.5. The van der Waals surface area contributed by atoms with Gasteiger partial charge >= 0.3 is 0 Å². The van der Waals surface area contributed by atoms with Gasteiger partial charge < -0.3 is 4.74 Å². The quantitative estimate of drug-likeness (QED) is 0.526. The second-order valence-corrected chi connectivity index (χ2v) is 11.6. The Morgan fingerprint density at radius 1 is 1.06 bits per heavy atom. The Bertz CT molecular complexity index is 1380. The van der Waals surface area contributed by atoms with Gasteiger partial charge in [0.1, 0.15) is 5.82 Å². The number of benzene rings is 1. The van der Waals surface area contributed by atoms with Gasteiger partial charge in [0.05, 0.1) is 30.8 Å². The third-order valence-electron chi connectivity index (χ3n) is 7.46. The number of piperidine rings is 1. The summed E-state index contributed by atoms with van der Waals surface area (Å²) in [7, 11) is -3.72. The van der Waals surface area contributed by atoms with E-state index in [1.165, 1.54) is 23.9 Å². The fourth-order valence-corrected chi connectivity index (χ4v) is 7.11. The summed E-state index contributed by atoms with van der Waals surface area (Å²) in [6.07, 6.45) is 6.87. The van der Waals surface area contributed by atoms with Gasteiger partial charge in [-0.1, -0.05) is 11.6 Å². The van der Waals surface area contributed by atoms with Crippen molar-refractivity contribution in [1.29, 1.82) is 0 Å². The Labute approximate surface area is 210 Å². The number of morpholine rings is 1. The zero-order valence-electron chi connectivity index (χ0n) is 19.9. The zero-order valence-corrected chi connectivity index (χ0v) is 20.7. The van der Waals surface area contributed by atoms with Crippen molar-refractivity contribution in [1.82, 2.24) is 24.0 Å². The van der Waals surface area contributed by atoms with Crippen LogP contribution in [0.25, 0.3) is 11.8 Å². The monoisotopic (exact) mass is 509 g/mol. The molecule has 0 radical (unpaired) electrons. The van der Waals surface area contributed by atoms with Gasteiger partial charge in [-0.3, -0.25) is 4.90 Å². The van der Waals surface area contributed by atoms with E-state index in [1.54, 1.807) is 34.6 Å². The topological polar surface area (TPSA) is 80.6 Å². The van der Waals surface area contributed by atoms with Crippen molar-refractivity contribution < 1.29 is 17.5 Å². The summed E-state index contributed by atoms with van der Waals surface area (Å²) >= 11 is 0. The zero-order chi connectivity index (χ0) is 24.8. The van der Waals surface area contributed by atoms with Gasteiger partial charge in [0, 0.05) is 44.3 Å². The van der Waals surface area contributed by atoms with Gasteiger partial charge in [-0.05, 0) is 60.9 Å². The van der Waals surface area contributed by atoms with Crippen LogP contribution >= 0.6 is 0 Å². The highest BCUT2D eigenvalue weighted by Crippen LogP contribution is 2.46. The minimum Gasteiger partial charge on any atom is -0.379 e. The van der Waals surface area contributed by atoms with E-state index in [1.807, 2.05) is 10.9 Å². The second kappa shape index (κ2) is 9.19. The molecule has 0 spiro atoms. The van der Waals surface area contributed by atoms with Crippen LogP contribution in [-0.2, 0) is 21.2 Å². The molecule has 0 amide bonds. The molecule has 6 rings (SSSR count). The number of hydrogen-bond donors (Lipinski definition) is 0. The molecule has 2 fully saturated rings. The average Bonchev–Trinajstić information content (AvgIpc) is 3.30. The predicted molar refractivity (Wildman–Crippen MR) is 133 cm³/mol. The maximum Gasteiger partial charge on any atom is 0.260 e. The standard InChI is InChI=1S/C26H28FN5O3S/c27-22-4-6-23(7-5-22)32-24-15-21-8-10-31(36(33,34)25-3-1-2-9-28-25)19-26(21,16-20(24)17-29-32)18-30-11-13-35-14-12-30/h1-7,9,15,17H,8,10-14,16,18-19H2/t26-/m0/s1. The molecule has 0 unspecified atom stereocenters. The summed E-state index contributed by atoms with van der Waals surface area (Å²) in [5, 5.41) is 4.71. The first-order chi connectivity index (χ1) is 17.4. The molecule has 10 heteroatoms. The van der Waals surface area contributed by atoms with E-state index in [0.29, 0.717) is 39.1 Å². The normalized spacial score (nSPS) is 23.1. The van der Waals surface area contributed by atoms with Crippen LogP contribution in [0.5, 0.6) is 0 Å². The highest BCUT2D eigenvalue weighted by atomic mass is 32.2. The SMILES string of the molecule is O=S(=O)(c1ccccn1)N1CCC2=Cc3c(cnn3-c3ccc(F)cc3)C[C@]2(CN2CCOCC2)C1. The van der Waals surface area contributed by atoms with E-state index >= 15 is 0 Å². The van der Waals surface area contributed by atoms with Gasteiger partial charge in [0.2, 0.25) is 0 Å². The van der Waals surface area contributed by atoms with E-state index in [0.717, 1.165) is 36.6 Å². The molecular weight excluding hydrogens is 481 g/mol. The Morgan fingerprint density at radius 3 is 2.61 bits per heavy atom. The Hall–Kier alpha value is -2.92. The molecule has 0 saturated carbocycles. The van der Waals surface area contributed by atoms with Crippen LogP contribution < -0.4 is 0 Å². The number of halogens is 1. The molecule has 2 saturated heterocycles. The van der Waals surface area contributed by atoms with Crippen molar-refractivity contribution >= 4 is 16.1 Å². The smallest absolute Gasteiger partial charge is 0.260 e. The molecule has 2 aliphatic heterocycles. The van der Waals surface area contributed by atoms with Crippen LogP contribution in [0.15, 0.2) is 65.5 Å². The first-order valence-corrected chi connectivity index (χ1v) is 13.6. The fraction of sp³-hybridized carbons (Fsp3) is 0.385. The van der Waals surface area contributed by atoms with E-state index in [-0.39, 0.29) is 16.3 Å². The first kappa shape index (κ1) is 23.5. The average molecular weight is 510 g/mol. The Morgan fingerprint density at radius 2 is 1.86 bits per heavy atom. The van der Waals surface area contributed by atoms with Gasteiger partial charge in [0.25, 0.3) is 10.0 Å². The van der Waals surface area contributed by atoms with Crippen LogP contribution in [-0.4, -0.2) is 78.3 Å². The van der Waals surface area contributed by atoms with Crippen LogP contribution in [0.4, 0.5) is 4.39 Å². The molecule has 1 aromatic carbocycles. The largest absolute Gasteiger partial charge is 0.379 e. The number of fused-ring (bicyclic) bond motifs is 2. The molecule has 4 heterocycles. The number of nitrogens with zero attached hydrogens (tertiary/aromatic N) is 5. The minimum atomic E-state index is -3.72. The number of pyridine rings is 1. The van der Waals surface area contributed by atoms with Crippen LogP contribution in [0.1, 0.15) is 17.7 Å². The van der Waals surface area contributed by atoms with Crippen molar-refractivity contribution in [2.45, 2.75) is 17.9 Å². The van der Waals surface area contributed by atoms with Crippen molar-refractivity contribution in [3.63, 3.8) is 0 Å². The summed E-state index contributed by atoms with van der Waals surface area (Å²) < 4.78 is 49.6. The lowest BCUT2D eigenvalue weighted by molar-refractivity contribution is 0.0153. The van der Waals surface area contributed by atoms with E-state index < -0.39 is 10.0 Å². The first-order valence-electron chi connectivity index (χ1n) is 12.2. The van der Waals surface area contributed by atoms with Crippen LogP contribution in [0.2, 0.25) is 0 Å². The summed E-state index contributed by atoms with van der Waals surface area (Å²) in [5.41, 5.74) is 3.70. The molecule has 1 aliphatic carbocycles. The van der Waals surface area contributed by atoms with Gasteiger partial charge in [-0.25, -0.2) is 22.5 Å². The van der Waals surface area contributed by atoms with E-state index in [2.05, 4.69) is 21.1 Å². The lowest BCUT2D eigenvalue weighted by atomic mass is 9.68. The van der Waals surface area contributed by atoms with Crippen molar-refractivity contribution in [2.24, 2.45) is 5.41 Å². The van der Waals surface area contributed by atoms with Crippen molar-refractivity contribution in [2.75, 3.05) is 45.9 Å². The number of ether oxygens (including phenoxy) is 1. The summed E-state index contributed by atoms with van der Waals surface area (Å²) in [4.78, 5) is 6.51. The maximum atomic E-state index is 13.5. The van der Waals surface area contributed by atoms with Gasteiger partial charge in [-0.2, -0.15) is 9.40 Å². The Kier molecular flexibility index (Phi) is 5.99. The molecule has 8 nitrogen and oxygen atoms in total. The molecule has 2 aromatic heterocycles. The van der Waals surface area contributed by atoms with Gasteiger partial charge in [-0.15, -0.1) is 0 Å². The van der Waals surface area contributed by atoms with Crippen LogP contribution in [0, 0.1) is 11.2 Å². The lowest BCUT2D eigenvalue weighted by Gasteiger charge is -2.48. The highest BCUT2D eigenvalue weighted by molar-refractivity contribution is 7.89. The molecule has 1 atom stereocenters.